The first kappa shape index (κ1) is 16.5. The number of carbonyl (C=O) groups excluding carboxylic acids is 1. The van der Waals surface area contributed by atoms with E-state index < -0.39 is 0 Å². The van der Waals surface area contributed by atoms with Crippen molar-refractivity contribution in [1.29, 1.82) is 0 Å². The van der Waals surface area contributed by atoms with Gasteiger partial charge < -0.3 is 10.6 Å². The molecule has 0 bridgehead atoms. The van der Waals surface area contributed by atoms with E-state index in [1.165, 1.54) is 6.42 Å². The number of nitrogens with two attached hydrogens (primary N) is 1. The van der Waals surface area contributed by atoms with Gasteiger partial charge in [0.15, 0.2) is 0 Å². The van der Waals surface area contributed by atoms with Crippen molar-refractivity contribution < 1.29 is 4.79 Å². The molecule has 0 aromatic carbocycles. The lowest BCUT2D eigenvalue weighted by atomic mass is 9.83. The first-order valence-corrected chi connectivity index (χ1v) is 7.76. The van der Waals surface area contributed by atoms with Gasteiger partial charge in [-0.05, 0) is 43.9 Å². The SMILES string of the molecule is CC(CC(=O)N1C(C)CCCC1CN)CC(C)(C)C. The molecule has 3 heteroatoms. The van der Waals surface area contributed by atoms with E-state index >= 15 is 0 Å². The second kappa shape index (κ2) is 6.74. The molecule has 3 nitrogen and oxygen atoms in total. The normalized spacial score (nSPS) is 26.3. The van der Waals surface area contributed by atoms with Gasteiger partial charge in [0.25, 0.3) is 0 Å². The maximum atomic E-state index is 12.5. The lowest BCUT2D eigenvalue weighted by Crippen LogP contribution is -2.52. The Kier molecular flexibility index (Phi) is 5.84. The fourth-order valence-corrected chi connectivity index (χ4v) is 3.49. The highest BCUT2D eigenvalue weighted by molar-refractivity contribution is 5.77. The lowest BCUT2D eigenvalue weighted by molar-refractivity contribution is -0.138. The summed E-state index contributed by atoms with van der Waals surface area (Å²) >= 11 is 0. The summed E-state index contributed by atoms with van der Waals surface area (Å²) in [5.41, 5.74) is 6.12. The third-order valence-corrected chi connectivity index (χ3v) is 4.07. The number of hydrogen-bond acceptors (Lipinski definition) is 2. The van der Waals surface area contributed by atoms with Crippen molar-refractivity contribution in [2.75, 3.05) is 6.54 Å². The van der Waals surface area contributed by atoms with Gasteiger partial charge in [-0.1, -0.05) is 27.7 Å². The predicted octanol–water partition coefficient (Wildman–Crippen LogP) is 3.18. The maximum Gasteiger partial charge on any atom is 0.223 e. The summed E-state index contributed by atoms with van der Waals surface area (Å²) in [6.07, 6.45) is 5.15. The van der Waals surface area contributed by atoms with Gasteiger partial charge in [-0.25, -0.2) is 0 Å². The highest BCUT2D eigenvalue weighted by atomic mass is 16.2. The second-order valence-electron chi connectivity index (χ2n) is 7.54. The van der Waals surface area contributed by atoms with Gasteiger partial charge in [0.2, 0.25) is 5.91 Å². The van der Waals surface area contributed by atoms with Crippen molar-refractivity contribution in [3.63, 3.8) is 0 Å². The Morgan fingerprint density at radius 3 is 2.53 bits per heavy atom. The van der Waals surface area contributed by atoms with E-state index in [-0.39, 0.29) is 6.04 Å². The van der Waals surface area contributed by atoms with Gasteiger partial charge in [0, 0.05) is 25.0 Å². The van der Waals surface area contributed by atoms with Crippen LogP contribution in [0.4, 0.5) is 0 Å². The molecular formula is C16H32N2O. The van der Waals surface area contributed by atoms with Gasteiger partial charge in [0.1, 0.15) is 0 Å². The van der Waals surface area contributed by atoms with E-state index in [1.54, 1.807) is 0 Å². The van der Waals surface area contributed by atoms with Crippen molar-refractivity contribution in [3.8, 4) is 0 Å². The molecule has 1 aliphatic rings. The minimum Gasteiger partial charge on any atom is -0.336 e. The molecule has 1 fully saturated rings. The summed E-state index contributed by atoms with van der Waals surface area (Å²) in [5, 5.41) is 0. The molecule has 1 aliphatic heterocycles. The standard InChI is InChI=1S/C16H32N2O/c1-12(10-16(3,4)5)9-15(19)18-13(2)7-6-8-14(18)11-17/h12-14H,6-11,17H2,1-5H3. The molecule has 19 heavy (non-hydrogen) atoms. The third-order valence-electron chi connectivity index (χ3n) is 4.07. The number of hydrogen-bond donors (Lipinski definition) is 1. The first-order chi connectivity index (χ1) is 8.74. The second-order valence-corrected chi connectivity index (χ2v) is 7.54. The molecule has 0 radical (unpaired) electrons. The number of carbonyl (C=O) groups is 1. The summed E-state index contributed by atoms with van der Waals surface area (Å²) < 4.78 is 0. The van der Waals surface area contributed by atoms with Crippen molar-refractivity contribution >= 4 is 5.91 Å². The minimum atomic E-state index is 0.262. The largest absolute Gasteiger partial charge is 0.336 e. The Morgan fingerprint density at radius 1 is 1.37 bits per heavy atom. The molecule has 0 aromatic heterocycles. The van der Waals surface area contributed by atoms with Gasteiger partial charge in [-0.15, -0.1) is 0 Å². The molecule has 0 aromatic rings. The van der Waals surface area contributed by atoms with Crippen LogP contribution < -0.4 is 5.73 Å². The zero-order valence-electron chi connectivity index (χ0n) is 13.4. The summed E-state index contributed by atoms with van der Waals surface area (Å²) in [7, 11) is 0. The zero-order chi connectivity index (χ0) is 14.6. The van der Waals surface area contributed by atoms with Crippen LogP contribution in [0.25, 0.3) is 0 Å². The fourth-order valence-electron chi connectivity index (χ4n) is 3.49. The average molecular weight is 268 g/mol. The smallest absolute Gasteiger partial charge is 0.223 e. The molecule has 3 atom stereocenters. The van der Waals surface area contributed by atoms with Crippen LogP contribution >= 0.6 is 0 Å². The highest BCUT2D eigenvalue weighted by Gasteiger charge is 2.31. The first-order valence-electron chi connectivity index (χ1n) is 7.76. The van der Waals surface area contributed by atoms with Gasteiger partial charge in [-0.3, -0.25) is 4.79 Å². The van der Waals surface area contributed by atoms with Crippen molar-refractivity contribution in [1.82, 2.24) is 4.90 Å². The molecule has 1 rings (SSSR count). The lowest BCUT2D eigenvalue weighted by Gasteiger charge is -2.41. The van der Waals surface area contributed by atoms with Crippen LogP contribution in [-0.2, 0) is 4.79 Å². The topological polar surface area (TPSA) is 46.3 Å². The van der Waals surface area contributed by atoms with Crippen LogP contribution in [-0.4, -0.2) is 29.4 Å². The van der Waals surface area contributed by atoms with Crippen molar-refractivity contribution in [3.05, 3.63) is 0 Å². The Balaban J connectivity index is 2.59. The molecular weight excluding hydrogens is 236 g/mol. The van der Waals surface area contributed by atoms with Crippen LogP contribution in [0.3, 0.4) is 0 Å². The Bertz CT molecular complexity index is 296. The van der Waals surface area contributed by atoms with Crippen LogP contribution in [0.2, 0.25) is 0 Å². The Hall–Kier alpha value is -0.570. The number of amides is 1. The maximum absolute atomic E-state index is 12.5. The number of nitrogens with zero attached hydrogens (tertiary/aromatic N) is 1. The number of likely N-dealkylation sites (tertiary alicyclic amines) is 1. The van der Waals surface area contributed by atoms with Crippen LogP contribution in [0, 0.1) is 11.3 Å². The van der Waals surface area contributed by atoms with E-state index in [0.29, 0.717) is 36.2 Å². The monoisotopic (exact) mass is 268 g/mol. The van der Waals surface area contributed by atoms with Crippen molar-refractivity contribution in [2.24, 2.45) is 17.1 Å². The minimum absolute atomic E-state index is 0.262. The molecule has 0 aliphatic carbocycles. The van der Waals surface area contributed by atoms with E-state index in [1.807, 2.05) is 0 Å². The molecule has 1 heterocycles. The third kappa shape index (κ3) is 5.13. The van der Waals surface area contributed by atoms with E-state index in [4.69, 9.17) is 5.73 Å². The molecule has 0 saturated carbocycles. The van der Waals surface area contributed by atoms with E-state index in [9.17, 15) is 4.79 Å². The van der Waals surface area contributed by atoms with Gasteiger partial charge in [0.05, 0.1) is 0 Å². The quantitative estimate of drug-likeness (QED) is 0.851. The molecule has 1 amide bonds. The highest BCUT2D eigenvalue weighted by Crippen LogP contribution is 2.28. The summed E-state index contributed by atoms with van der Waals surface area (Å²) in [4.78, 5) is 14.6. The predicted molar refractivity (Wildman–Crippen MR) is 80.9 cm³/mol. The molecule has 112 valence electrons. The molecule has 0 spiro atoms. The fraction of sp³-hybridized carbons (Fsp3) is 0.938. The van der Waals surface area contributed by atoms with Gasteiger partial charge >= 0.3 is 0 Å². The van der Waals surface area contributed by atoms with Crippen LogP contribution in [0.1, 0.15) is 66.7 Å². The van der Waals surface area contributed by atoms with E-state index in [0.717, 1.165) is 19.3 Å². The number of piperidine rings is 1. The Morgan fingerprint density at radius 2 is 2.00 bits per heavy atom. The molecule has 1 saturated heterocycles. The number of rotatable bonds is 4. The van der Waals surface area contributed by atoms with Crippen molar-refractivity contribution in [2.45, 2.75) is 78.8 Å². The summed E-state index contributed by atoms with van der Waals surface area (Å²) in [6.45, 7) is 11.7. The average Bonchev–Trinajstić information content (AvgIpc) is 2.25. The van der Waals surface area contributed by atoms with Crippen LogP contribution in [0.5, 0.6) is 0 Å². The van der Waals surface area contributed by atoms with E-state index in [2.05, 4.69) is 39.5 Å². The van der Waals surface area contributed by atoms with Gasteiger partial charge in [-0.2, -0.15) is 0 Å². The zero-order valence-corrected chi connectivity index (χ0v) is 13.4. The molecule has 2 N–H and O–H groups in total. The van der Waals surface area contributed by atoms with Crippen LogP contribution in [0.15, 0.2) is 0 Å². The summed E-state index contributed by atoms with van der Waals surface area (Å²) in [6, 6.07) is 0.620. The summed E-state index contributed by atoms with van der Waals surface area (Å²) in [5.74, 6) is 0.749. The Labute approximate surface area is 118 Å². The molecule has 3 unspecified atom stereocenters.